The molecule has 0 aliphatic rings. The van der Waals surface area contributed by atoms with E-state index in [9.17, 15) is 24.3 Å². The van der Waals surface area contributed by atoms with Crippen LogP contribution in [0.3, 0.4) is 0 Å². The average molecular weight is 514 g/mol. The first-order valence-electron chi connectivity index (χ1n) is 11.9. The van der Waals surface area contributed by atoms with E-state index in [1.807, 2.05) is 30.3 Å². The number of phenolic OH excluding ortho intramolecular Hbond substituents is 1. The molecule has 0 saturated carbocycles. The monoisotopic (exact) mass is 513 g/mol. The number of aromatic hydroxyl groups is 1. The molecule has 11 heteroatoms. The van der Waals surface area contributed by atoms with Gasteiger partial charge in [-0.25, -0.2) is 0 Å². The molecule has 4 amide bonds. The molecule has 2 rings (SSSR count). The van der Waals surface area contributed by atoms with Crippen molar-refractivity contribution in [3.05, 3.63) is 65.7 Å². The number of likely N-dealkylation sites (N-methyl/N-ethyl adjacent to an activating group) is 1. The van der Waals surface area contributed by atoms with Gasteiger partial charge in [0.05, 0.1) is 19.2 Å². The molecule has 0 heterocycles. The summed E-state index contributed by atoms with van der Waals surface area (Å²) in [5, 5.41) is 26.0. The van der Waals surface area contributed by atoms with Crippen LogP contribution >= 0.6 is 0 Å². The van der Waals surface area contributed by atoms with Gasteiger partial charge in [-0.05, 0) is 36.6 Å². The average Bonchev–Trinajstić information content (AvgIpc) is 2.90. The summed E-state index contributed by atoms with van der Waals surface area (Å²) in [5.41, 5.74) is 7.53. The lowest BCUT2D eigenvalue weighted by Crippen LogP contribution is -2.54. The zero-order chi connectivity index (χ0) is 27.4. The molecule has 200 valence electrons. The Morgan fingerprint density at radius 1 is 0.892 bits per heavy atom. The predicted molar refractivity (Wildman–Crippen MR) is 137 cm³/mol. The number of aliphatic hydroxyl groups is 1. The minimum absolute atomic E-state index is 0.0506. The third-order valence-electron chi connectivity index (χ3n) is 5.74. The zero-order valence-electron chi connectivity index (χ0n) is 21.0. The fraction of sp³-hybridized carbons (Fsp3) is 0.385. The molecule has 37 heavy (non-hydrogen) atoms. The van der Waals surface area contributed by atoms with Crippen LogP contribution in [0.25, 0.3) is 0 Å². The van der Waals surface area contributed by atoms with Gasteiger partial charge >= 0.3 is 0 Å². The number of nitrogens with two attached hydrogens (primary N) is 1. The van der Waals surface area contributed by atoms with E-state index < -0.39 is 41.8 Å². The van der Waals surface area contributed by atoms with Crippen LogP contribution in [-0.4, -0.2) is 83.6 Å². The van der Waals surface area contributed by atoms with Crippen LogP contribution in [0.15, 0.2) is 54.6 Å². The molecule has 2 aromatic rings. The summed E-state index contributed by atoms with van der Waals surface area (Å²) >= 11 is 0. The standard InChI is InChI=1S/C26H35N5O6/c1-17(30-25(36)21(27)14-19-8-10-20(33)11-9-19)24(35)29-16-23(34)31(2)22(26(37)28-12-13-32)15-18-6-4-3-5-7-18/h3-11,17,21-22,32-33H,12-16,27H2,1-2H3,(H,28,37)(H,29,35)(H,30,36)/t17-,21-,22+/m0/s1. The smallest absolute Gasteiger partial charge is 0.243 e. The molecule has 11 nitrogen and oxygen atoms in total. The van der Waals surface area contributed by atoms with Gasteiger partial charge in [0.2, 0.25) is 23.6 Å². The number of nitrogens with zero attached hydrogens (tertiary/aromatic N) is 1. The molecule has 0 spiro atoms. The number of hydrogen-bond donors (Lipinski definition) is 6. The summed E-state index contributed by atoms with van der Waals surface area (Å²) in [5.74, 6) is -1.96. The van der Waals surface area contributed by atoms with Gasteiger partial charge in [0.1, 0.15) is 17.8 Å². The van der Waals surface area contributed by atoms with Gasteiger partial charge in [0, 0.05) is 20.0 Å². The lowest BCUT2D eigenvalue weighted by Gasteiger charge is -2.28. The van der Waals surface area contributed by atoms with E-state index >= 15 is 0 Å². The number of amides is 4. The molecule has 0 radical (unpaired) electrons. The van der Waals surface area contributed by atoms with Crippen LogP contribution in [0.1, 0.15) is 18.1 Å². The molecule has 0 saturated heterocycles. The van der Waals surface area contributed by atoms with Crippen molar-refractivity contribution in [2.75, 3.05) is 26.7 Å². The second-order valence-electron chi connectivity index (χ2n) is 8.65. The van der Waals surface area contributed by atoms with Crippen LogP contribution in [-0.2, 0) is 32.0 Å². The number of phenols is 1. The Bertz CT molecular complexity index is 1050. The summed E-state index contributed by atoms with van der Waals surface area (Å²) in [4.78, 5) is 51.6. The topological polar surface area (TPSA) is 174 Å². The van der Waals surface area contributed by atoms with Gasteiger partial charge in [0.25, 0.3) is 0 Å². The first-order chi connectivity index (χ1) is 17.6. The number of rotatable bonds is 13. The summed E-state index contributed by atoms with van der Waals surface area (Å²) in [7, 11) is 1.47. The van der Waals surface area contributed by atoms with Crippen LogP contribution in [0.4, 0.5) is 0 Å². The maximum absolute atomic E-state index is 12.8. The minimum Gasteiger partial charge on any atom is -0.508 e. The Balaban J connectivity index is 1.90. The first-order valence-corrected chi connectivity index (χ1v) is 11.9. The quantitative estimate of drug-likeness (QED) is 0.200. The Hall–Kier alpha value is -3.96. The molecule has 0 bridgehead atoms. The van der Waals surface area contributed by atoms with Crippen molar-refractivity contribution in [2.24, 2.45) is 5.73 Å². The number of aliphatic hydroxyl groups excluding tert-OH is 1. The highest BCUT2D eigenvalue weighted by Gasteiger charge is 2.28. The second kappa shape index (κ2) is 14.6. The number of carbonyl (C=O) groups excluding carboxylic acids is 4. The number of nitrogens with one attached hydrogen (secondary N) is 3. The predicted octanol–water partition coefficient (Wildman–Crippen LogP) is -0.939. The Morgan fingerprint density at radius 3 is 2.14 bits per heavy atom. The second-order valence-corrected chi connectivity index (χ2v) is 8.65. The highest BCUT2D eigenvalue weighted by atomic mass is 16.3. The number of carbonyl (C=O) groups is 4. The van der Waals surface area contributed by atoms with E-state index in [4.69, 9.17) is 10.8 Å². The van der Waals surface area contributed by atoms with Crippen molar-refractivity contribution >= 4 is 23.6 Å². The highest BCUT2D eigenvalue weighted by Crippen LogP contribution is 2.11. The fourth-order valence-corrected chi connectivity index (χ4v) is 3.52. The maximum atomic E-state index is 12.8. The SMILES string of the molecule is C[C@H](NC(=O)[C@@H](N)Cc1ccc(O)cc1)C(=O)NCC(=O)N(C)[C@H](Cc1ccccc1)C(=O)NCCO. The van der Waals surface area contributed by atoms with Crippen molar-refractivity contribution < 1.29 is 29.4 Å². The maximum Gasteiger partial charge on any atom is 0.243 e. The Kier molecular flexibility index (Phi) is 11.5. The van der Waals surface area contributed by atoms with E-state index in [1.165, 1.54) is 31.0 Å². The third kappa shape index (κ3) is 9.54. The molecule has 0 unspecified atom stereocenters. The molecule has 0 fully saturated rings. The lowest BCUT2D eigenvalue weighted by molar-refractivity contribution is -0.139. The molecular weight excluding hydrogens is 478 g/mol. The summed E-state index contributed by atoms with van der Waals surface area (Å²) < 4.78 is 0. The normalized spacial score (nSPS) is 13.1. The summed E-state index contributed by atoms with van der Waals surface area (Å²) in [6.45, 7) is 0.900. The van der Waals surface area contributed by atoms with Crippen molar-refractivity contribution in [3.63, 3.8) is 0 Å². The minimum atomic E-state index is -0.954. The summed E-state index contributed by atoms with van der Waals surface area (Å²) in [6, 6.07) is 12.7. The molecule has 0 aliphatic carbocycles. The highest BCUT2D eigenvalue weighted by molar-refractivity contribution is 5.93. The molecular formula is C26H35N5O6. The first kappa shape index (κ1) is 29.3. The molecule has 7 N–H and O–H groups in total. The van der Waals surface area contributed by atoms with Crippen LogP contribution in [0.5, 0.6) is 5.75 Å². The van der Waals surface area contributed by atoms with Gasteiger partial charge in [0.15, 0.2) is 0 Å². The van der Waals surface area contributed by atoms with Crippen molar-refractivity contribution in [2.45, 2.75) is 37.9 Å². The van der Waals surface area contributed by atoms with Gasteiger partial charge in [-0.2, -0.15) is 0 Å². The fourth-order valence-electron chi connectivity index (χ4n) is 3.52. The number of hydrogen-bond acceptors (Lipinski definition) is 7. The molecule has 0 aliphatic heterocycles. The van der Waals surface area contributed by atoms with E-state index in [1.54, 1.807) is 12.1 Å². The lowest BCUT2D eigenvalue weighted by atomic mass is 10.0. The van der Waals surface area contributed by atoms with E-state index in [0.29, 0.717) is 0 Å². The molecule has 0 aromatic heterocycles. The van der Waals surface area contributed by atoms with Crippen molar-refractivity contribution in [1.82, 2.24) is 20.9 Å². The zero-order valence-corrected chi connectivity index (χ0v) is 21.0. The van der Waals surface area contributed by atoms with Crippen molar-refractivity contribution in [1.29, 1.82) is 0 Å². The van der Waals surface area contributed by atoms with Crippen molar-refractivity contribution in [3.8, 4) is 5.75 Å². The van der Waals surface area contributed by atoms with Gasteiger partial charge in [-0.1, -0.05) is 42.5 Å². The van der Waals surface area contributed by atoms with Gasteiger partial charge in [-0.3, -0.25) is 19.2 Å². The largest absolute Gasteiger partial charge is 0.508 e. The van der Waals surface area contributed by atoms with Gasteiger partial charge < -0.3 is 36.8 Å². The summed E-state index contributed by atoms with van der Waals surface area (Å²) in [6.07, 6.45) is 0.463. The van der Waals surface area contributed by atoms with Gasteiger partial charge in [-0.15, -0.1) is 0 Å². The molecule has 2 aromatic carbocycles. The Labute approximate surface area is 216 Å². The third-order valence-corrected chi connectivity index (χ3v) is 5.74. The number of benzene rings is 2. The van der Waals surface area contributed by atoms with Crippen LogP contribution < -0.4 is 21.7 Å². The molecule has 3 atom stereocenters. The van der Waals surface area contributed by atoms with E-state index in [0.717, 1.165) is 11.1 Å². The Morgan fingerprint density at radius 2 is 1.51 bits per heavy atom. The van der Waals surface area contributed by atoms with E-state index in [-0.39, 0.29) is 38.3 Å². The van der Waals surface area contributed by atoms with Crippen LogP contribution in [0.2, 0.25) is 0 Å². The van der Waals surface area contributed by atoms with E-state index in [2.05, 4.69) is 16.0 Å². The van der Waals surface area contributed by atoms with Crippen LogP contribution in [0, 0.1) is 0 Å².